The minimum Gasteiger partial charge on any atom is -0.253 e. The van der Waals surface area contributed by atoms with Crippen molar-refractivity contribution in [2.24, 2.45) is 10.9 Å². The molecule has 1 nitrogen and oxygen atoms in total. The minimum atomic E-state index is 0.544. The molecule has 0 bridgehead atoms. The Labute approximate surface area is 66.8 Å². The lowest BCUT2D eigenvalue weighted by molar-refractivity contribution is 0.890. The Hall–Kier alpha value is -1.11. The molecule has 0 spiro atoms. The van der Waals surface area contributed by atoms with Gasteiger partial charge in [-0.15, -0.1) is 0 Å². The third kappa shape index (κ3) is 0.967. The summed E-state index contributed by atoms with van der Waals surface area (Å²) in [6, 6.07) is 0. The van der Waals surface area contributed by atoms with E-state index in [4.69, 9.17) is 0 Å². The molecule has 1 heteroatoms. The van der Waals surface area contributed by atoms with Crippen molar-refractivity contribution < 1.29 is 0 Å². The second kappa shape index (κ2) is 2.19. The van der Waals surface area contributed by atoms with Crippen molar-refractivity contribution in [1.29, 1.82) is 0 Å². The number of aliphatic imine (C=N–C) groups is 1. The number of nitrogens with zero attached hydrogens (tertiary/aromatic N) is 1. The van der Waals surface area contributed by atoms with Gasteiger partial charge in [-0.3, -0.25) is 4.99 Å². The lowest BCUT2D eigenvalue weighted by Crippen LogP contribution is -2.00. The molecule has 0 unspecified atom stereocenters. The zero-order valence-electron chi connectivity index (χ0n) is 6.83. The maximum Gasteiger partial charge on any atom is 0.0706 e. The van der Waals surface area contributed by atoms with E-state index in [2.05, 4.69) is 37.1 Å². The van der Waals surface area contributed by atoms with Crippen molar-refractivity contribution in [2.45, 2.75) is 13.8 Å². The maximum atomic E-state index is 4.47. The molecule has 1 aliphatic carbocycles. The number of hydrogen-bond donors (Lipinski definition) is 0. The average Bonchev–Trinajstić information content (AvgIpc) is 2.40. The molecular weight excluding hydrogens is 134 g/mol. The summed E-state index contributed by atoms with van der Waals surface area (Å²) in [6.07, 6.45) is 8.37. The van der Waals surface area contributed by atoms with E-state index < -0.39 is 0 Å². The molecule has 0 saturated carbocycles. The van der Waals surface area contributed by atoms with Crippen LogP contribution < -0.4 is 0 Å². The van der Waals surface area contributed by atoms with Gasteiger partial charge in [0.15, 0.2) is 0 Å². The van der Waals surface area contributed by atoms with Crippen LogP contribution in [0.4, 0.5) is 0 Å². The van der Waals surface area contributed by atoms with Gasteiger partial charge < -0.3 is 0 Å². The Balaban J connectivity index is 2.34. The summed E-state index contributed by atoms with van der Waals surface area (Å²) in [4.78, 5) is 4.47. The second-order valence-electron chi connectivity index (χ2n) is 3.20. The van der Waals surface area contributed by atoms with Crippen LogP contribution in [0.3, 0.4) is 0 Å². The van der Waals surface area contributed by atoms with E-state index in [1.165, 1.54) is 11.3 Å². The van der Waals surface area contributed by atoms with Gasteiger partial charge in [0.05, 0.1) is 5.70 Å². The summed E-state index contributed by atoms with van der Waals surface area (Å²) in [6.45, 7) is 4.34. The van der Waals surface area contributed by atoms with Gasteiger partial charge in [-0.2, -0.15) is 0 Å². The van der Waals surface area contributed by atoms with Gasteiger partial charge in [0.2, 0.25) is 0 Å². The molecule has 0 aromatic carbocycles. The van der Waals surface area contributed by atoms with Gasteiger partial charge in [0.25, 0.3) is 0 Å². The first kappa shape index (κ1) is 6.59. The molecule has 0 fully saturated rings. The maximum absolute atomic E-state index is 4.47. The van der Waals surface area contributed by atoms with Crippen molar-refractivity contribution in [3.8, 4) is 0 Å². The molecule has 0 saturated heterocycles. The molecule has 0 radical (unpaired) electrons. The Morgan fingerprint density at radius 3 is 2.82 bits per heavy atom. The minimum absolute atomic E-state index is 0.544. The van der Waals surface area contributed by atoms with Crippen molar-refractivity contribution >= 4 is 5.71 Å². The smallest absolute Gasteiger partial charge is 0.0706 e. The summed E-state index contributed by atoms with van der Waals surface area (Å²) in [5.41, 5.74) is 3.61. The highest BCUT2D eigenvalue weighted by Gasteiger charge is 2.15. The second-order valence-corrected chi connectivity index (χ2v) is 3.20. The molecule has 0 N–H and O–H groups in total. The largest absolute Gasteiger partial charge is 0.253 e. The van der Waals surface area contributed by atoms with E-state index in [-0.39, 0.29) is 0 Å². The lowest BCUT2D eigenvalue weighted by atomic mass is 10.1. The fraction of sp³-hybridized carbons (Fsp3) is 0.300. The van der Waals surface area contributed by atoms with Crippen molar-refractivity contribution in [2.75, 3.05) is 0 Å². The quantitative estimate of drug-likeness (QED) is 0.537. The predicted molar refractivity (Wildman–Crippen MR) is 47.6 cm³/mol. The highest BCUT2D eigenvalue weighted by atomic mass is 14.8. The predicted octanol–water partition coefficient (Wildman–Crippen LogP) is 2.48. The van der Waals surface area contributed by atoms with Crippen molar-refractivity contribution in [1.82, 2.24) is 0 Å². The van der Waals surface area contributed by atoms with Crippen molar-refractivity contribution in [3.63, 3.8) is 0 Å². The van der Waals surface area contributed by atoms with Crippen LogP contribution in [-0.4, -0.2) is 5.71 Å². The summed E-state index contributed by atoms with van der Waals surface area (Å²) in [7, 11) is 0. The first-order valence-electron chi connectivity index (χ1n) is 3.96. The summed E-state index contributed by atoms with van der Waals surface area (Å²) < 4.78 is 0. The van der Waals surface area contributed by atoms with Crippen LogP contribution in [-0.2, 0) is 0 Å². The molecule has 1 heterocycles. The van der Waals surface area contributed by atoms with Crippen LogP contribution >= 0.6 is 0 Å². The SMILES string of the molecule is CC(C)C1=NC2=CC=CC2=C1. The standard InChI is InChI=1S/C10H11N/c1-7(2)10-6-8-4-3-5-9(8)11-10/h3-7H,1-2H3. The first-order valence-corrected chi connectivity index (χ1v) is 3.96. The molecular formula is C10H11N. The van der Waals surface area contributed by atoms with Gasteiger partial charge >= 0.3 is 0 Å². The number of hydrogen-bond acceptors (Lipinski definition) is 1. The molecule has 0 aromatic rings. The van der Waals surface area contributed by atoms with Gasteiger partial charge in [-0.1, -0.05) is 26.0 Å². The van der Waals surface area contributed by atoms with E-state index in [1.54, 1.807) is 0 Å². The zero-order valence-corrected chi connectivity index (χ0v) is 6.83. The van der Waals surface area contributed by atoms with Crippen LogP contribution in [0.1, 0.15) is 13.8 Å². The summed E-state index contributed by atoms with van der Waals surface area (Å²) in [5.74, 6) is 0.544. The molecule has 0 atom stereocenters. The van der Waals surface area contributed by atoms with E-state index in [0.29, 0.717) is 5.92 Å². The van der Waals surface area contributed by atoms with E-state index >= 15 is 0 Å². The number of allylic oxidation sites excluding steroid dienone is 4. The van der Waals surface area contributed by atoms with Gasteiger partial charge in [0.1, 0.15) is 0 Å². The fourth-order valence-corrected chi connectivity index (χ4v) is 1.27. The molecule has 56 valence electrons. The highest BCUT2D eigenvalue weighted by Crippen LogP contribution is 2.26. The Bertz CT molecular complexity index is 301. The number of fused-ring (bicyclic) bond motifs is 1. The third-order valence-electron chi connectivity index (χ3n) is 1.97. The van der Waals surface area contributed by atoms with E-state index in [9.17, 15) is 0 Å². The lowest BCUT2D eigenvalue weighted by Gasteiger charge is -1.98. The normalized spacial score (nSPS) is 20.1. The summed E-state index contributed by atoms with van der Waals surface area (Å²) in [5, 5.41) is 0. The molecule has 2 rings (SSSR count). The van der Waals surface area contributed by atoms with Crippen LogP contribution in [0, 0.1) is 5.92 Å². The monoisotopic (exact) mass is 145 g/mol. The Kier molecular flexibility index (Phi) is 1.31. The molecule has 2 aliphatic rings. The van der Waals surface area contributed by atoms with Crippen LogP contribution in [0.2, 0.25) is 0 Å². The molecule has 1 aliphatic heterocycles. The Morgan fingerprint density at radius 2 is 2.18 bits per heavy atom. The van der Waals surface area contributed by atoms with Gasteiger partial charge in [0, 0.05) is 11.3 Å². The average molecular weight is 145 g/mol. The van der Waals surface area contributed by atoms with Crippen LogP contribution in [0.15, 0.2) is 40.6 Å². The van der Waals surface area contributed by atoms with Gasteiger partial charge in [-0.05, 0) is 18.1 Å². The highest BCUT2D eigenvalue weighted by molar-refractivity contribution is 6.02. The van der Waals surface area contributed by atoms with Crippen molar-refractivity contribution in [3.05, 3.63) is 35.6 Å². The summed E-state index contributed by atoms with van der Waals surface area (Å²) >= 11 is 0. The third-order valence-corrected chi connectivity index (χ3v) is 1.97. The first-order chi connectivity index (χ1) is 5.27. The van der Waals surface area contributed by atoms with E-state index in [0.717, 1.165) is 5.70 Å². The molecule has 11 heavy (non-hydrogen) atoms. The topological polar surface area (TPSA) is 12.4 Å². The molecule has 0 aromatic heterocycles. The van der Waals surface area contributed by atoms with Gasteiger partial charge in [-0.25, -0.2) is 0 Å². The Morgan fingerprint density at radius 1 is 1.36 bits per heavy atom. The zero-order chi connectivity index (χ0) is 7.84. The fourth-order valence-electron chi connectivity index (χ4n) is 1.27. The van der Waals surface area contributed by atoms with Crippen LogP contribution in [0.5, 0.6) is 0 Å². The number of rotatable bonds is 1. The molecule has 0 amide bonds. The van der Waals surface area contributed by atoms with Crippen LogP contribution in [0.25, 0.3) is 0 Å². The van der Waals surface area contributed by atoms with E-state index in [1.807, 2.05) is 6.08 Å².